The molecule has 0 bridgehead atoms. The van der Waals surface area contributed by atoms with Crippen LogP contribution in [0.25, 0.3) is 6.08 Å². The van der Waals surface area contributed by atoms with E-state index in [9.17, 15) is 4.79 Å². The number of pyridine rings is 1. The fraction of sp³-hybridized carbons (Fsp3) is 0.538. The first-order valence-corrected chi connectivity index (χ1v) is 12.3. The third-order valence-corrected chi connectivity index (χ3v) is 7.52. The predicted octanol–water partition coefficient (Wildman–Crippen LogP) is 3.92. The van der Waals surface area contributed by atoms with Crippen LogP contribution >= 0.6 is 0 Å². The lowest BCUT2D eigenvalue weighted by Crippen LogP contribution is -2.32. The summed E-state index contributed by atoms with van der Waals surface area (Å²) in [5, 5.41) is 6.68. The predicted molar refractivity (Wildman–Crippen MR) is 130 cm³/mol. The van der Waals surface area contributed by atoms with Crippen molar-refractivity contribution in [2.75, 3.05) is 32.5 Å². The first-order chi connectivity index (χ1) is 16.1. The zero-order chi connectivity index (χ0) is 22.8. The van der Waals surface area contributed by atoms with Gasteiger partial charge in [-0.25, -0.2) is 15.0 Å². The van der Waals surface area contributed by atoms with Gasteiger partial charge in [0.15, 0.2) is 0 Å². The van der Waals surface area contributed by atoms with Crippen molar-refractivity contribution in [3.05, 3.63) is 46.9 Å². The first-order valence-electron chi connectivity index (χ1n) is 12.3. The molecule has 1 saturated heterocycles. The quantitative estimate of drug-likeness (QED) is 0.724. The highest BCUT2D eigenvalue weighted by atomic mass is 16.2. The Kier molecular flexibility index (Phi) is 6.40. The number of fused-ring (bicyclic) bond motifs is 1. The number of amides is 1. The molecule has 2 N–H and O–H groups in total. The van der Waals surface area contributed by atoms with Crippen molar-refractivity contribution in [2.45, 2.75) is 50.9 Å². The second-order valence-corrected chi connectivity index (χ2v) is 9.91. The van der Waals surface area contributed by atoms with Crippen LogP contribution in [-0.4, -0.2) is 52.9 Å². The largest absolute Gasteiger partial charge is 0.345 e. The van der Waals surface area contributed by atoms with Gasteiger partial charge in [0.25, 0.3) is 0 Å². The van der Waals surface area contributed by atoms with Crippen molar-refractivity contribution in [3.8, 4) is 0 Å². The van der Waals surface area contributed by atoms with Gasteiger partial charge in [-0.3, -0.25) is 4.79 Å². The molecular formula is C26H34N6O. The van der Waals surface area contributed by atoms with Crippen LogP contribution in [0.5, 0.6) is 0 Å². The van der Waals surface area contributed by atoms with Crippen molar-refractivity contribution in [1.82, 2.24) is 25.2 Å². The van der Waals surface area contributed by atoms with Gasteiger partial charge in [0.1, 0.15) is 5.82 Å². The Hall–Kier alpha value is -2.80. The average molecular weight is 447 g/mol. The van der Waals surface area contributed by atoms with Crippen molar-refractivity contribution >= 4 is 23.7 Å². The Morgan fingerprint density at radius 2 is 1.76 bits per heavy atom. The van der Waals surface area contributed by atoms with Gasteiger partial charge in [-0.15, -0.1) is 0 Å². The maximum atomic E-state index is 12.9. The molecule has 2 aromatic rings. The molecule has 2 fully saturated rings. The van der Waals surface area contributed by atoms with Crippen LogP contribution in [-0.2, 0) is 11.2 Å². The molecule has 0 spiro atoms. The van der Waals surface area contributed by atoms with E-state index in [0.29, 0.717) is 17.8 Å². The van der Waals surface area contributed by atoms with Crippen LogP contribution in [0.4, 0.5) is 11.8 Å². The Morgan fingerprint density at radius 3 is 2.45 bits per heavy atom. The summed E-state index contributed by atoms with van der Waals surface area (Å²) in [6.45, 7) is 2.11. The molecule has 1 saturated carbocycles. The Morgan fingerprint density at radius 1 is 1.03 bits per heavy atom. The smallest absolute Gasteiger partial charge is 0.249 e. The molecule has 3 aliphatic rings. The number of carbonyl (C=O) groups excluding carboxylic acids is 1. The minimum absolute atomic E-state index is 0.127. The number of nitrogens with zero attached hydrogens (tertiary/aromatic N) is 4. The van der Waals surface area contributed by atoms with Crippen LogP contribution in [0.1, 0.15) is 61.1 Å². The molecular weight excluding hydrogens is 412 g/mol. The monoisotopic (exact) mass is 446 g/mol. The fourth-order valence-corrected chi connectivity index (χ4v) is 5.65. The van der Waals surface area contributed by atoms with Crippen LogP contribution in [0.15, 0.2) is 30.2 Å². The molecule has 1 unspecified atom stereocenters. The molecule has 1 amide bonds. The summed E-state index contributed by atoms with van der Waals surface area (Å²) in [7, 11) is 3.68. The van der Waals surface area contributed by atoms with Gasteiger partial charge in [0.2, 0.25) is 11.9 Å². The second-order valence-electron chi connectivity index (χ2n) is 9.91. The molecule has 3 heterocycles. The maximum Gasteiger partial charge on any atom is 0.249 e. The van der Waals surface area contributed by atoms with E-state index in [1.165, 1.54) is 36.8 Å². The SMILES string of the molecule is CN(C)C(=O)C1=Cc2cnc(Nc3ncc(C4CCNCC4)cn3)cc2CC1C1CCCC1. The number of likely N-dealkylation sites (N-methyl/N-ethyl adjacent to an activating group) is 1. The van der Waals surface area contributed by atoms with Crippen LogP contribution in [0.2, 0.25) is 0 Å². The Bertz CT molecular complexity index is 1020. The maximum absolute atomic E-state index is 12.9. The van der Waals surface area contributed by atoms with Gasteiger partial charge >= 0.3 is 0 Å². The molecule has 5 rings (SSSR count). The van der Waals surface area contributed by atoms with Gasteiger partial charge in [0.05, 0.1) is 0 Å². The van der Waals surface area contributed by atoms with E-state index < -0.39 is 0 Å². The minimum atomic E-state index is 0.127. The highest BCUT2D eigenvalue weighted by molar-refractivity contribution is 5.99. The number of anilines is 2. The standard InChI is InChI=1S/C26H34N6O/c1-32(2)25(33)23-12-20-14-28-24(13-19(20)11-22(23)18-5-3-4-6-18)31-26-29-15-21(16-30-26)17-7-9-27-10-8-17/h12-18,22,27H,3-11H2,1-2H3,(H,28,29,30,31). The lowest BCUT2D eigenvalue weighted by Gasteiger charge is -2.31. The fourth-order valence-electron chi connectivity index (χ4n) is 5.65. The number of aromatic nitrogens is 3. The van der Waals surface area contributed by atoms with Gasteiger partial charge in [-0.05, 0) is 91.8 Å². The van der Waals surface area contributed by atoms with Crippen molar-refractivity contribution in [1.29, 1.82) is 0 Å². The normalized spacial score (nSPS) is 21.4. The topological polar surface area (TPSA) is 83.0 Å². The summed E-state index contributed by atoms with van der Waals surface area (Å²) in [6, 6.07) is 2.11. The van der Waals surface area contributed by atoms with Gasteiger partial charge in [-0.1, -0.05) is 12.8 Å². The van der Waals surface area contributed by atoms with E-state index >= 15 is 0 Å². The van der Waals surface area contributed by atoms with Crippen LogP contribution in [0, 0.1) is 11.8 Å². The molecule has 7 nitrogen and oxygen atoms in total. The van der Waals surface area contributed by atoms with E-state index in [1.807, 2.05) is 32.7 Å². The summed E-state index contributed by atoms with van der Waals surface area (Å²) >= 11 is 0. The van der Waals surface area contributed by atoms with E-state index in [1.54, 1.807) is 4.90 Å². The number of carbonyl (C=O) groups is 1. The average Bonchev–Trinajstić information content (AvgIpc) is 3.39. The molecule has 0 radical (unpaired) electrons. The second kappa shape index (κ2) is 9.59. The molecule has 2 aromatic heterocycles. The highest BCUT2D eigenvalue weighted by Gasteiger charge is 2.34. The molecule has 0 aromatic carbocycles. The van der Waals surface area contributed by atoms with Crippen molar-refractivity contribution in [2.24, 2.45) is 11.8 Å². The summed E-state index contributed by atoms with van der Waals surface area (Å²) in [5.74, 6) is 2.86. The van der Waals surface area contributed by atoms with Crippen LogP contribution in [0.3, 0.4) is 0 Å². The molecule has 7 heteroatoms. The lowest BCUT2D eigenvalue weighted by atomic mass is 9.75. The lowest BCUT2D eigenvalue weighted by molar-refractivity contribution is -0.125. The van der Waals surface area contributed by atoms with Crippen molar-refractivity contribution in [3.63, 3.8) is 0 Å². The highest BCUT2D eigenvalue weighted by Crippen LogP contribution is 2.41. The summed E-state index contributed by atoms with van der Waals surface area (Å²) in [5.41, 5.74) is 4.44. The molecule has 1 atom stereocenters. The number of nitrogens with one attached hydrogen (secondary N) is 2. The molecule has 33 heavy (non-hydrogen) atoms. The number of rotatable bonds is 5. The van der Waals surface area contributed by atoms with Crippen LogP contribution < -0.4 is 10.6 Å². The minimum Gasteiger partial charge on any atom is -0.345 e. The zero-order valence-electron chi connectivity index (χ0n) is 19.7. The molecule has 1 aliphatic heterocycles. The van der Waals surface area contributed by atoms with Gasteiger partial charge in [0, 0.05) is 38.3 Å². The number of piperidine rings is 1. The third-order valence-electron chi connectivity index (χ3n) is 7.52. The molecule has 2 aliphatic carbocycles. The number of hydrogen-bond donors (Lipinski definition) is 2. The first kappa shape index (κ1) is 22.0. The number of hydrogen-bond acceptors (Lipinski definition) is 6. The zero-order valence-corrected chi connectivity index (χ0v) is 19.7. The summed E-state index contributed by atoms with van der Waals surface area (Å²) in [4.78, 5) is 28.3. The van der Waals surface area contributed by atoms with E-state index in [4.69, 9.17) is 0 Å². The van der Waals surface area contributed by atoms with E-state index in [0.717, 1.165) is 49.3 Å². The Balaban J connectivity index is 1.35. The summed E-state index contributed by atoms with van der Waals surface area (Å²) in [6.07, 6.45) is 16.0. The van der Waals surface area contributed by atoms with E-state index in [-0.39, 0.29) is 11.8 Å². The summed E-state index contributed by atoms with van der Waals surface area (Å²) < 4.78 is 0. The van der Waals surface area contributed by atoms with Gasteiger partial charge in [-0.2, -0.15) is 0 Å². The third kappa shape index (κ3) is 4.78. The van der Waals surface area contributed by atoms with Crippen molar-refractivity contribution < 1.29 is 4.79 Å². The van der Waals surface area contributed by atoms with Gasteiger partial charge < -0.3 is 15.5 Å². The molecule has 174 valence electrons. The Labute approximate surface area is 196 Å². The van der Waals surface area contributed by atoms with E-state index in [2.05, 4.69) is 37.7 Å².